The van der Waals surface area contributed by atoms with Gasteiger partial charge in [0, 0.05) is 12.0 Å². The Morgan fingerprint density at radius 2 is 1.94 bits per heavy atom. The standard InChI is InChI=1S/C14H22O2Si/c1-5-9-13(15)12-10-14(16-11-12)17(6-2,7-3)8-4/h1,10-11,13,15H,6-9H2,2-4H3/t13-/m1/s1. The molecule has 94 valence electrons. The first kappa shape index (κ1) is 14.1. The molecule has 1 atom stereocenters. The molecule has 1 aromatic rings. The highest BCUT2D eigenvalue weighted by molar-refractivity contribution is 6.90. The first-order chi connectivity index (χ1) is 8.13. The summed E-state index contributed by atoms with van der Waals surface area (Å²) < 4.78 is 5.70. The van der Waals surface area contributed by atoms with E-state index in [1.165, 1.54) is 18.1 Å². The predicted molar refractivity (Wildman–Crippen MR) is 73.9 cm³/mol. The predicted octanol–water partition coefficient (Wildman–Crippen LogP) is 3.05. The topological polar surface area (TPSA) is 33.4 Å². The average Bonchev–Trinajstić information content (AvgIpc) is 2.83. The van der Waals surface area contributed by atoms with Crippen molar-refractivity contribution < 1.29 is 9.52 Å². The number of aliphatic hydroxyl groups is 1. The van der Waals surface area contributed by atoms with Crippen LogP contribution in [0.1, 0.15) is 38.9 Å². The summed E-state index contributed by atoms with van der Waals surface area (Å²) in [7, 11) is -1.47. The molecule has 0 saturated heterocycles. The third-order valence-electron chi connectivity index (χ3n) is 3.87. The van der Waals surface area contributed by atoms with Gasteiger partial charge in [0.05, 0.1) is 17.8 Å². The molecule has 17 heavy (non-hydrogen) atoms. The van der Waals surface area contributed by atoms with Gasteiger partial charge >= 0.3 is 0 Å². The third kappa shape index (κ3) is 2.82. The minimum absolute atomic E-state index is 0.345. The Morgan fingerprint density at radius 3 is 2.41 bits per heavy atom. The van der Waals surface area contributed by atoms with Gasteiger partial charge in [-0.25, -0.2) is 0 Å². The lowest BCUT2D eigenvalue weighted by Gasteiger charge is -2.24. The van der Waals surface area contributed by atoms with E-state index in [4.69, 9.17) is 10.8 Å². The number of terminal acetylenes is 1. The van der Waals surface area contributed by atoms with Crippen LogP contribution in [0.5, 0.6) is 0 Å². The normalized spacial score (nSPS) is 13.4. The van der Waals surface area contributed by atoms with Crippen molar-refractivity contribution >= 4 is 13.5 Å². The van der Waals surface area contributed by atoms with E-state index in [1.807, 2.05) is 6.07 Å². The highest BCUT2D eigenvalue weighted by Gasteiger charge is 2.33. The maximum absolute atomic E-state index is 9.83. The fourth-order valence-corrected chi connectivity index (χ4v) is 5.63. The van der Waals surface area contributed by atoms with Crippen LogP contribution in [0.4, 0.5) is 0 Å². The molecule has 0 aliphatic heterocycles. The van der Waals surface area contributed by atoms with Gasteiger partial charge < -0.3 is 9.52 Å². The molecule has 2 nitrogen and oxygen atoms in total. The van der Waals surface area contributed by atoms with Gasteiger partial charge in [0.1, 0.15) is 8.07 Å². The SMILES string of the molecule is C#CC[C@@H](O)c1coc([Si](CC)(CC)CC)c1. The Bertz CT molecular complexity index is 377. The molecule has 0 fully saturated rings. The molecule has 1 aromatic heterocycles. The Kier molecular flexibility index (Phi) is 5.04. The van der Waals surface area contributed by atoms with Crippen LogP contribution in [-0.2, 0) is 0 Å². The second-order valence-corrected chi connectivity index (χ2v) is 9.68. The largest absolute Gasteiger partial charge is 0.474 e. The zero-order chi connectivity index (χ0) is 12.9. The molecule has 0 aliphatic carbocycles. The molecule has 3 heteroatoms. The van der Waals surface area contributed by atoms with Crippen LogP contribution in [0.15, 0.2) is 16.7 Å². The van der Waals surface area contributed by atoms with Crippen molar-refractivity contribution in [2.24, 2.45) is 0 Å². The number of rotatable bonds is 6. The Balaban J connectivity index is 2.97. The number of aliphatic hydroxyl groups excluding tert-OH is 1. The van der Waals surface area contributed by atoms with E-state index in [0.717, 1.165) is 10.9 Å². The van der Waals surface area contributed by atoms with Crippen LogP contribution in [0, 0.1) is 12.3 Å². The van der Waals surface area contributed by atoms with Crippen LogP contribution >= 0.6 is 0 Å². The van der Waals surface area contributed by atoms with Crippen molar-refractivity contribution in [3.63, 3.8) is 0 Å². The molecular weight excluding hydrogens is 228 g/mol. The van der Waals surface area contributed by atoms with E-state index >= 15 is 0 Å². The van der Waals surface area contributed by atoms with Crippen LogP contribution in [0.3, 0.4) is 0 Å². The van der Waals surface area contributed by atoms with Crippen LogP contribution in [0.25, 0.3) is 0 Å². The Morgan fingerprint density at radius 1 is 1.35 bits per heavy atom. The molecule has 0 saturated carbocycles. The smallest absolute Gasteiger partial charge is 0.131 e. The minimum Gasteiger partial charge on any atom is -0.474 e. The van der Waals surface area contributed by atoms with E-state index in [2.05, 4.69) is 26.7 Å². The zero-order valence-electron chi connectivity index (χ0n) is 11.0. The van der Waals surface area contributed by atoms with Gasteiger partial charge in [-0.05, 0) is 6.07 Å². The molecule has 0 aromatic carbocycles. The van der Waals surface area contributed by atoms with Crippen molar-refractivity contribution in [2.75, 3.05) is 0 Å². The number of hydrogen-bond donors (Lipinski definition) is 1. The van der Waals surface area contributed by atoms with Gasteiger partial charge in [0.25, 0.3) is 0 Å². The van der Waals surface area contributed by atoms with E-state index < -0.39 is 14.2 Å². The van der Waals surface area contributed by atoms with Crippen LogP contribution in [-0.4, -0.2) is 13.2 Å². The van der Waals surface area contributed by atoms with Gasteiger partial charge in [-0.2, -0.15) is 0 Å². The summed E-state index contributed by atoms with van der Waals surface area (Å²) in [5, 5.41) is 10.9. The lowest BCUT2D eigenvalue weighted by Crippen LogP contribution is -2.44. The molecule has 1 heterocycles. The lowest BCUT2D eigenvalue weighted by atomic mass is 10.1. The summed E-state index contributed by atoms with van der Waals surface area (Å²) in [4.78, 5) is 0. The summed E-state index contributed by atoms with van der Waals surface area (Å²) in [5.41, 5.74) is 0.824. The summed E-state index contributed by atoms with van der Waals surface area (Å²) >= 11 is 0. The first-order valence-corrected chi connectivity index (χ1v) is 8.96. The highest BCUT2D eigenvalue weighted by atomic mass is 28.3. The van der Waals surface area contributed by atoms with Gasteiger partial charge in [0.15, 0.2) is 0 Å². The van der Waals surface area contributed by atoms with E-state index in [-0.39, 0.29) is 0 Å². The number of furan rings is 1. The molecule has 0 spiro atoms. The average molecular weight is 250 g/mol. The second-order valence-electron chi connectivity index (χ2n) is 4.51. The van der Waals surface area contributed by atoms with E-state index in [9.17, 15) is 5.11 Å². The van der Waals surface area contributed by atoms with E-state index in [1.54, 1.807) is 6.26 Å². The molecule has 1 rings (SSSR count). The summed E-state index contributed by atoms with van der Waals surface area (Å²) in [5.74, 6) is 2.48. The maximum Gasteiger partial charge on any atom is 0.131 e. The number of hydrogen-bond acceptors (Lipinski definition) is 2. The maximum atomic E-state index is 9.83. The molecule has 0 bridgehead atoms. The second kappa shape index (κ2) is 6.09. The third-order valence-corrected chi connectivity index (χ3v) is 9.24. The molecule has 0 radical (unpaired) electrons. The Labute approximate surface area is 105 Å². The zero-order valence-corrected chi connectivity index (χ0v) is 12.0. The van der Waals surface area contributed by atoms with Crippen molar-refractivity contribution in [1.29, 1.82) is 0 Å². The monoisotopic (exact) mass is 250 g/mol. The van der Waals surface area contributed by atoms with Gasteiger partial charge in [-0.15, -0.1) is 12.3 Å². The van der Waals surface area contributed by atoms with Crippen molar-refractivity contribution in [3.8, 4) is 12.3 Å². The lowest BCUT2D eigenvalue weighted by molar-refractivity contribution is 0.183. The van der Waals surface area contributed by atoms with Gasteiger partial charge in [-0.1, -0.05) is 38.9 Å². The van der Waals surface area contributed by atoms with Crippen molar-refractivity contribution in [2.45, 2.75) is 51.4 Å². The summed E-state index contributed by atoms with van der Waals surface area (Å²) in [6.45, 7) is 6.71. The Hall–Kier alpha value is -0.983. The fraction of sp³-hybridized carbons (Fsp3) is 0.571. The van der Waals surface area contributed by atoms with Gasteiger partial charge in [0.2, 0.25) is 0 Å². The van der Waals surface area contributed by atoms with Crippen molar-refractivity contribution in [3.05, 3.63) is 17.9 Å². The summed E-state index contributed by atoms with van der Waals surface area (Å²) in [6.07, 6.45) is 6.63. The van der Waals surface area contributed by atoms with Crippen LogP contribution in [0.2, 0.25) is 18.1 Å². The molecule has 0 unspecified atom stereocenters. The van der Waals surface area contributed by atoms with E-state index in [0.29, 0.717) is 6.42 Å². The molecule has 0 aliphatic rings. The van der Waals surface area contributed by atoms with Gasteiger partial charge in [-0.3, -0.25) is 0 Å². The molecule has 1 N–H and O–H groups in total. The first-order valence-electron chi connectivity index (χ1n) is 6.34. The van der Waals surface area contributed by atoms with Crippen LogP contribution < -0.4 is 5.38 Å². The fourth-order valence-electron chi connectivity index (χ4n) is 2.31. The van der Waals surface area contributed by atoms with Crippen molar-refractivity contribution in [1.82, 2.24) is 0 Å². The molecular formula is C14H22O2Si. The molecule has 0 amide bonds. The quantitative estimate of drug-likeness (QED) is 0.622. The highest BCUT2D eigenvalue weighted by Crippen LogP contribution is 2.23. The summed E-state index contributed by atoms with van der Waals surface area (Å²) in [6, 6.07) is 5.55. The minimum atomic E-state index is -1.47.